The number of unbranched alkanes of at least 4 members (excludes halogenated alkanes) is 1. The van der Waals surface area contributed by atoms with E-state index in [0.717, 1.165) is 40.7 Å². The molecule has 0 aliphatic rings. The van der Waals surface area contributed by atoms with Gasteiger partial charge in [-0.25, -0.2) is 4.98 Å². The summed E-state index contributed by atoms with van der Waals surface area (Å²) in [4.78, 5) is 16.6. The Morgan fingerprint density at radius 2 is 1.91 bits per heavy atom. The van der Waals surface area contributed by atoms with Crippen LogP contribution < -0.4 is 5.32 Å². The van der Waals surface area contributed by atoms with E-state index in [9.17, 15) is 4.79 Å². The fourth-order valence-electron chi connectivity index (χ4n) is 2.54. The van der Waals surface area contributed by atoms with E-state index < -0.39 is 0 Å². The number of carbonyl (C=O) groups excluding carboxylic acids is 1. The molecule has 3 rings (SSSR count). The summed E-state index contributed by atoms with van der Waals surface area (Å²) < 4.78 is 0. The zero-order valence-electron chi connectivity index (χ0n) is 13.3. The predicted molar refractivity (Wildman–Crippen MR) is 95.3 cm³/mol. The van der Waals surface area contributed by atoms with Crippen LogP contribution in [0.15, 0.2) is 60.7 Å². The molecular formula is C20H20N2O. The summed E-state index contributed by atoms with van der Waals surface area (Å²) in [5.74, 6) is 0.0653. The first-order chi connectivity index (χ1) is 11.3. The minimum Gasteiger partial charge on any atom is -0.326 e. The molecule has 1 aromatic heterocycles. The molecule has 1 heterocycles. The molecule has 1 amide bonds. The predicted octanol–water partition coefficient (Wildman–Crippen LogP) is 5.03. The van der Waals surface area contributed by atoms with Gasteiger partial charge in [0, 0.05) is 23.1 Å². The monoisotopic (exact) mass is 304 g/mol. The standard InChI is InChI=1S/C20H20N2O/c1-2-3-11-20(23)21-17-9-6-8-16(14-17)19-13-12-15-7-4-5-10-18(15)22-19/h4-10,12-14H,2-3,11H2,1H3,(H,21,23). The van der Waals surface area contributed by atoms with Crippen molar-refractivity contribution in [3.8, 4) is 11.3 Å². The molecule has 0 radical (unpaired) electrons. The highest BCUT2D eigenvalue weighted by Crippen LogP contribution is 2.23. The maximum absolute atomic E-state index is 11.9. The van der Waals surface area contributed by atoms with Crippen molar-refractivity contribution in [1.29, 1.82) is 0 Å². The maximum Gasteiger partial charge on any atom is 0.224 e. The summed E-state index contributed by atoms with van der Waals surface area (Å²) in [6, 6.07) is 20.0. The van der Waals surface area contributed by atoms with Crippen LogP contribution in [0.1, 0.15) is 26.2 Å². The summed E-state index contributed by atoms with van der Waals surface area (Å²) in [6.45, 7) is 2.08. The van der Waals surface area contributed by atoms with Crippen molar-refractivity contribution in [1.82, 2.24) is 4.98 Å². The minimum absolute atomic E-state index is 0.0653. The topological polar surface area (TPSA) is 42.0 Å². The van der Waals surface area contributed by atoms with Crippen molar-refractivity contribution in [3.05, 3.63) is 60.7 Å². The van der Waals surface area contributed by atoms with Crippen LogP contribution in [0, 0.1) is 0 Å². The number of para-hydroxylation sites is 1. The van der Waals surface area contributed by atoms with E-state index in [2.05, 4.69) is 24.4 Å². The molecule has 0 saturated heterocycles. The van der Waals surface area contributed by atoms with Crippen LogP contribution in [0.25, 0.3) is 22.2 Å². The van der Waals surface area contributed by atoms with Crippen LogP contribution in [-0.4, -0.2) is 10.9 Å². The molecule has 0 atom stereocenters. The van der Waals surface area contributed by atoms with E-state index >= 15 is 0 Å². The minimum atomic E-state index is 0.0653. The lowest BCUT2D eigenvalue weighted by molar-refractivity contribution is -0.116. The third-order valence-electron chi connectivity index (χ3n) is 3.80. The van der Waals surface area contributed by atoms with Gasteiger partial charge in [0.1, 0.15) is 0 Å². The van der Waals surface area contributed by atoms with E-state index in [-0.39, 0.29) is 5.91 Å². The summed E-state index contributed by atoms with van der Waals surface area (Å²) >= 11 is 0. The lowest BCUT2D eigenvalue weighted by Gasteiger charge is -2.08. The van der Waals surface area contributed by atoms with Crippen LogP contribution in [0.5, 0.6) is 0 Å². The van der Waals surface area contributed by atoms with Gasteiger partial charge in [-0.15, -0.1) is 0 Å². The normalized spacial score (nSPS) is 10.7. The Balaban J connectivity index is 1.84. The fourth-order valence-corrected chi connectivity index (χ4v) is 2.54. The van der Waals surface area contributed by atoms with E-state index in [1.807, 2.05) is 48.5 Å². The molecule has 0 aliphatic heterocycles. The molecule has 1 N–H and O–H groups in total. The Kier molecular flexibility index (Phi) is 4.67. The average molecular weight is 304 g/mol. The first-order valence-electron chi connectivity index (χ1n) is 8.02. The lowest BCUT2D eigenvalue weighted by atomic mass is 10.1. The number of nitrogens with zero attached hydrogens (tertiary/aromatic N) is 1. The number of fused-ring (bicyclic) bond motifs is 1. The molecule has 3 nitrogen and oxygen atoms in total. The first-order valence-corrected chi connectivity index (χ1v) is 8.02. The Morgan fingerprint density at radius 3 is 2.78 bits per heavy atom. The first kappa shape index (κ1) is 15.2. The van der Waals surface area contributed by atoms with Crippen molar-refractivity contribution < 1.29 is 4.79 Å². The quantitative estimate of drug-likeness (QED) is 0.718. The van der Waals surface area contributed by atoms with Gasteiger partial charge in [-0.1, -0.05) is 49.7 Å². The highest BCUT2D eigenvalue weighted by atomic mass is 16.1. The number of anilines is 1. The molecule has 23 heavy (non-hydrogen) atoms. The fraction of sp³-hybridized carbons (Fsp3) is 0.200. The van der Waals surface area contributed by atoms with Gasteiger partial charge in [-0.3, -0.25) is 4.79 Å². The van der Waals surface area contributed by atoms with Gasteiger partial charge in [0.2, 0.25) is 5.91 Å². The van der Waals surface area contributed by atoms with Crippen molar-refractivity contribution in [2.75, 3.05) is 5.32 Å². The van der Waals surface area contributed by atoms with Crippen LogP contribution in [0.4, 0.5) is 5.69 Å². The van der Waals surface area contributed by atoms with Crippen molar-refractivity contribution in [2.24, 2.45) is 0 Å². The SMILES string of the molecule is CCCCC(=O)Nc1cccc(-c2ccc3ccccc3n2)c1. The van der Waals surface area contributed by atoms with E-state index in [1.54, 1.807) is 0 Å². The number of benzene rings is 2. The van der Waals surface area contributed by atoms with Crippen LogP contribution in [-0.2, 0) is 4.79 Å². The summed E-state index contributed by atoms with van der Waals surface area (Å²) in [5.41, 5.74) is 3.71. The van der Waals surface area contributed by atoms with Crippen LogP contribution >= 0.6 is 0 Å². The van der Waals surface area contributed by atoms with Gasteiger partial charge < -0.3 is 5.32 Å². The van der Waals surface area contributed by atoms with E-state index in [4.69, 9.17) is 4.98 Å². The summed E-state index contributed by atoms with van der Waals surface area (Å²) in [5, 5.41) is 4.08. The molecule has 0 fully saturated rings. The number of hydrogen-bond donors (Lipinski definition) is 1. The molecule has 3 aromatic rings. The van der Waals surface area contributed by atoms with Gasteiger partial charge in [0.25, 0.3) is 0 Å². The molecule has 0 bridgehead atoms. The highest BCUT2D eigenvalue weighted by molar-refractivity contribution is 5.91. The van der Waals surface area contributed by atoms with Gasteiger partial charge in [-0.05, 0) is 30.7 Å². The van der Waals surface area contributed by atoms with E-state index in [0.29, 0.717) is 6.42 Å². The Bertz CT molecular complexity index is 826. The Labute approximate surface area is 136 Å². The largest absolute Gasteiger partial charge is 0.326 e. The molecule has 0 saturated carbocycles. The molecule has 3 heteroatoms. The maximum atomic E-state index is 11.9. The van der Waals surface area contributed by atoms with Crippen LogP contribution in [0.3, 0.4) is 0 Å². The Hall–Kier alpha value is -2.68. The second kappa shape index (κ2) is 7.05. The third-order valence-corrected chi connectivity index (χ3v) is 3.80. The van der Waals surface area contributed by atoms with Crippen LogP contribution in [0.2, 0.25) is 0 Å². The summed E-state index contributed by atoms with van der Waals surface area (Å²) in [6.07, 6.45) is 2.50. The highest BCUT2D eigenvalue weighted by Gasteiger charge is 2.05. The second-order valence-electron chi connectivity index (χ2n) is 5.62. The molecular weight excluding hydrogens is 284 g/mol. The smallest absolute Gasteiger partial charge is 0.224 e. The number of nitrogens with one attached hydrogen (secondary N) is 1. The van der Waals surface area contributed by atoms with Crippen molar-refractivity contribution >= 4 is 22.5 Å². The van der Waals surface area contributed by atoms with Crippen molar-refractivity contribution in [2.45, 2.75) is 26.2 Å². The van der Waals surface area contributed by atoms with E-state index in [1.165, 1.54) is 0 Å². The van der Waals surface area contributed by atoms with Crippen molar-refractivity contribution in [3.63, 3.8) is 0 Å². The number of carbonyl (C=O) groups is 1. The number of pyridine rings is 1. The molecule has 0 spiro atoms. The number of amides is 1. The lowest BCUT2D eigenvalue weighted by Crippen LogP contribution is -2.10. The second-order valence-corrected chi connectivity index (χ2v) is 5.62. The Morgan fingerprint density at radius 1 is 1.04 bits per heavy atom. The third kappa shape index (κ3) is 3.75. The van der Waals surface area contributed by atoms with Gasteiger partial charge in [0.15, 0.2) is 0 Å². The molecule has 0 unspecified atom stereocenters. The average Bonchev–Trinajstić information content (AvgIpc) is 2.60. The number of rotatable bonds is 5. The zero-order chi connectivity index (χ0) is 16.1. The molecule has 2 aromatic carbocycles. The molecule has 116 valence electrons. The van der Waals surface area contributed by atoms with Gasteiger partial charge >= 0.3 is 0 Å². The summed E-state index contributed by atoms with van der Waals surface area (Å²) in [7, 11) is 0. The zero-order valence-corrected chi connectivity index (χ0v) is 13.3. The number of aromatic nitrogens is 1. The molecule has 0 aliphatic carbocycles. The van der Waals surface area contributed by atoms with Gasteiger partial charge in [-0.2, -0.15) is 0 Å². The number of hydrogen-bond acceptors (Lipinski definition) is 2. The van der Waals surface area contributed by atoms with Gasteiger partial charge in [0.05, 0.1) is 11.2 Å².